The summed E-state index contributed by atoms with van der Waals surface area (Å²) in [6.45, 7) is 2.21. The quantitative estimate of drug-likeness (QED) is 0.864. The Balaban J connectivity index is 1.94. The third-order valence-corrected chi connectivity index (χ3v) is 2.60. The van der Waals surface area contributed by atoms with E-state index >= 15 is 0 Å². The zero-order valence-corrected chi connectivity index (χ0v) is 10.5. The van der Waals surface area contributed by atoms with Gasteiger partial charge in [0.2, 0.25) is 5.91 Å². The Morgan fingerprint density at radius 2 is 1.94 bits per heavy atom. The Kier molecular flexibility index (Phi) is 3.62. The summed E-state index contributed by atoms with van der Waals surface area (Å²) in [4.78, 5) is 14.9. The van der Waals surface area contributed by atoms with E-state index < -0.39 is 0 Å². The van der Waals surface area contributed by atoms with Gasteiger partial charge in [-0.15, -0.1) is 0 Å². The zero-order valence-electron chi connectivity index (χ0n) is 10.5. The highest BCUT2D eigenvalue weighted by Gasteiger charge is 1.99. The predicted octanol–water partition coefficient (Wildman–Crippen LogP) is 1.99. The number of aromatic nitrogens is 2. The average molecular weight is 244 g/mol. The van der Waals surface area contributed by atoms with Crippen LogP contribution in [0, 0.1) is 0 Å². The lowest BCUT2D eigenvalue weighted by Gasteiger charge is -2.08. The molecular formula is C13H16N4O. The van der Waals surface area contributed by atoms with Crippen molar-refractivity contribution in [1.29, 1.82) is 0 Å². The molecule has 0 saturated heterocycles. The van der Waals surface area contributed by atoms with Crippen molar-refractivity contribution in [3.8, 4) is 0 Å². The molecule has 1 aromatic heterocycles. The Bertz CT molecular complexity index is 530. The van der Waals surface area contributed by atoms with Crippen molar-refractivity contribution in [3.63, 3.8) is 0 Å². The Labute approximate surface area is 106 Å². The molecule has 94 valence electrons. The van der Waals surface area contributed by atoms with E-state index in [1.807, 2.05) is 42.1 Å². The molecule has 0 bridgehead atoms. The summed E-state index contributed by atoms with van der Waals surface area (Å²) in [5.41, 5.74) is 2.92. The smallest absolute Gasteiger partial charge is 0.221 e. The highest BCUT2D eigenvalue weighted by molar-refractivity contribution is 5.88. The summed E-state index contributed by atoms with van der Waals surface area (Å²) in [5.74, 6) is -0.0643. The minimum Gasteiger partial charge on any atom is -0.379 e. The molecule has 0 aliphatic heterocycles. The molecule has 0 aliphatic rings. The number of anilines is 2. The Morgan fingerprint density at radius 1 is 1.28 bits per heavy atom. The predicted molar refractivity (Wildman–Crippen MR) is 71.3 cm³/mol. The van der Waals surface area contributed by atoms with Gasteiger partial charge < -0.3 is 15.2 Å². The number of amides is 1. The van der Waals surface area contributed by atoms with Gasteiger partial charge in [0.15, 0.2) is 0 Å². The first-order valence-electron chi connectivity index (χ1n) is 5.72. The second-order valence-electron chi connectivity index (χ2n) is 4.11. The molecule has 2 rings (SSSR count). The van der Waals surface area contributed by atoms with Crippen LogP contribution in [0.2, 0.25) is 0 Å². The van der Waals surface area contributed by atoms with Crippen molar-refractivity contribution in [3.05, 3.63) is 42.5 Å². The highest BCUT2D eigenvalue weighted by Crippen LogP contribution is 2.14. The number of carbonyl (C=O) groups excluding carboxylic acids is 1. The molecule has 0 atom stereocenters. The zero-order chi connectivity index (χ0) is 13.0. The normalized spacial score (nSPS) is 10.1. The summed E-state index contributed by atoms with van der Waals surface area (Å²) in [7, 11) is 1.96. The van der Waals surface area contributed by atoms with Crippen LogP contribution in [0.4, 0.5) is 11.4 Å². The number of benzene rings is 1. The van der Waals surface area contributed by atoms with Crippen molar-refractivity contribution in [2.45, 2.75) is 13.5 Å². The van der Waals surface area contributed by atoms with Crippen LogP contribution in [0.25, 0.3) is 0 Å². The van der Waals surface area contributed by atoms with Crippen LogP contribution >= 0.6 is 0 Å². The van der Waals surface area contributed by atoms with E-state index in [1.54, 1.807) is 6.33 Å². The van der Waals surface area contributed by atoms with Crippen LogP contribution in [0.1, 0.15) is 12.6 Å². The minimum atomic E-state index is -0.0643. The SMILES string of the molecule is CC(=O)Nc1ccc(NCc2cncn2C)cc1. The molecule has 1 aromatic carbocycles. The maximum absolute atomic E-state index is 10.9. The van der Waals surface area contributed by atoms with Gasteiger partial charge in [-0.25, -0.2) is 4.98 Å². The van der Waals surface area contributed by atoms with E-state index in [1.165, 1.54) is 6.92 Å². The number of nitrogens with one attached hydrogen (secondary N) is 2. The summed E-state index contributed by atoms with van der Waals surface area (Å²) in [6.07, 6.45) is 3.61. The number of carbonyl (C=O) groups is 1. The number of rotatable bonds is 4. The van der Waals surface area contributed by atoms with Crippen LogP contribution in [0.5, 0.6) is 0 Å². The number of imidazole rings is 1. The van der Waals surface area contributed by atoms with E-state index in [-0.39, 0.29) is 5.91 Å². The molecule has 2 N–H and O–H groups in total. The maximum atomic E-state index is 10.9. The molecule has 5 nitrogen and oxygen atoms in total. The monoisotopic (exact) mass is 244 g/mol. The van der Waals surface area contributed by atoms with Crippen LogP contribution in [0.15, 0.2) is 36.8 Å². The van der Waals surface area contributed by atoms with Gasteiger partial charge in [0.1, 0.15) is 0 Å². The van der Waals surface area contributed by atoms with Crippen molar-refractivity contribution in [2.75, 3.05) is 10.6 Å². The van der Waals surface area contributed by atoms with Crippen molar-refractivity contribution in [1.82, 2.24) is 9.55 Å². The number of aryl methyl sites for hydroxylation is 1. The first kappa shape index (κ1) is 12.2. The minimum absolute atomic E-state index is 0.0643. The molecule has 1 amide bonds. The van der Waals surface area contributed by atoms with Crippen LogP contribution in [-0.4, -0.2) is 15.5 Å². The van der Waals surface area contributed by atoms with E-state index in [0.29, 0.717) is 0 Å². The number of hydrogen-bond donors (Lipinski definition) is 2. The first-order chi connectivity index (χ1) is 8.65. The summed E-state index contributed by atoms with van der Waals surface area (Å²) in [6, 6.07) is 7.60. The summed E-state index contributed by atoms with van der Waals surface area (Å²) >= 11 is 0. The fourth-order valence-electron chi connectivity index (χ4n) is 1.62. The van der Waals surface area contributed by atoms with Gasteiger partial charge in [0.25, 0.3) is 0 Å². The number of hydrogen-bond acceptors (Lipinski definition) is 3. The molecule has 0 aliphatic carbocycles. The molecule has 0 saturated carbocycles. The molecule has 0 fully saturated rings. The van der Waals surface area contributed by atoms with Gasteiger partial charge in [0.05, 0.1) is 18.6 Å². The van der Waals surface area contributed by atoms with E-state index in [9.17, 15) is 4.79 Å². The fourth-order valence-corrected chi connectivity index (χ4v) is 1.62. The Morgan fingerprint density at radius 3 is 2.50 bits per heavy atom. The lowest BCUT2D eigenvalue weighted by Crippen LogP contribution is -2.06. The molecule has 0 spiro atoms. The second-order valence-corrected chi connectivity index (χ2v) is 4.11. The first-order valence-corrected chi connectivity index (χ1v) is 5.72. The van der Waals surface area contributed by atoms with Gasteiger partial charge >= 0.3 is 0 Å². The van der Waals surface area contributed by atoms with Gasteiger partial charge in [-0.05, 0) is 24.3 Å². The van der Waals surface area contributed by atoms with E-state index in [2.05, 4.69) is 15.6 Å². The topological polar surface area (TPSA) is 59.0 Å². The standard InChI is InChI=1S/C13H16N4O/c1-10(18)16-12-5-3-11(4-6-12)15-8-13-7-14-9-17(13)2/h3-7,9,15H,8H2,1-2H3,(H,16,18). The van der Waals surface area contributed by atoms with Crippen LogP contribution < -0.4 is 10.6 Å². The van der Waals surface area contributed by atoms with Crippen molar-refractivity contribution >= 4 is 17.3 Å². The summed E-state index contributed by atoms with van der Waals surface area (Å²) in [5, 5.41) is 6.02. The van der Waals surface area contributed by atoms with Crippen LogP contribution in [0.3, 0.4) is 0 Å². The maximum Gasteiger partial charge on any atom is 0.221 e. The molecular weight excluding hydrogens is 228 g/mol. The van der Waals surface area contributed by atoms with Gasteiger partial charge in [-0.1, -0.05) is 0 Å². The lowest BCUT2D eigenvalue weighted by atomic mass is 10.2. The lowest BCUT2D eigenvalue weighted by molar-refractivity contribution is -0.114. The molecule has 2 aromatic rings. The molecule has 18 heavy (non-hydrogen) atoms. The molecule has 0 unspecified atom stereocenters. The Hall–Kier alpha value is -2.30. The largest absolute Gasteiger partial charge is 0.379 e. The molecule has 0 radical (unpaired) electrons. The van der Waals surface area contributed by atoms with E-state index in [0.717, 1.165) is 23.6 Å². The molecule has 1 heterocycles. The second kappa shape index (κ2) is 5.35. The van der Waals surface area contributed by atoms with Crippen LogP contribution in [-0.2, 0) is 18.4 Å². The van der Waals surface area contributed by atoms with Crippen molar-refractivity contribution < 1.29 is 4.79 Å². The van der Waals surface area contributed by atoms with Gasteiger partial charge in [-0.3, -0.25) is 4.79 Å². The average Bonchev–Trinajstić information content (AvgIpc) is 2.73. The van der Waals surface area contributed by atoms with Gasteiger partial charge in [0, 0.05) is 31.5 Å². The third-order valence-electron chi connectivity index (χ3n) is 2.60. The summed E-state index contributed by atoms with van der Waals surface area (Å²) < 4.78 is 1.97. The third kappa shape index (κ3) is 3.10. The van der Waals surface area contributed by atoms with E-state index in [4.69, 9.17) is 0 Å². The fraction of sp³-hybridized carbons (Fsp3) is 0.231. The molecule has 5 heteroatoms. The number of nitrogens with zero attached hydrogens (tertiary/aromatic N) is 2. The van der Waals surface area contributed by atoms with Gasteiger partial charge in [-0.2, -0.15) is 0 Å². The van der Waals surface area contributed by atoms with Crippen molar-refractivity contribution in [2.24, 2.45) is 7.05 Å². The highest BCUT2D eigenvalue weighted by atomic mass is 16.1.